The van der Waals surface area contributed by atoms with Crippen molar-refractivity contribution in [3.8, 4) is 0 Å². The SMILES string of the molecule is CC(C)(C)[S@+]([O-])N[C@@H](CCCC1OCCO1)[C@]1(C)CCN(C(=O)O)C1. The molecule has 0 radical (unpaired) electrons. The summed E-state index contributed by atoms with van der Waals surface area (Å²) in [4.78, 5) is 12.8. The fourth-order valence-electron chi connectivity index (χ4n) is 3.35. The highest BCUT2D eigenvalue weighted by Crippen LogP contribution is 2.37. The lowest BCUT2D eigenvalue weighted by Crippen LogP contribution is -2.52. The lowest BCUT2D eigenvalue weighted by atomic mass is 9.79. The molecule has 2 aliphatic heterocycles. The van der Waals surface area contributed by atoms with Gasteiger partial charge in [0, 0.05) is 29.9 Å². The smallest absolute Gasteiger partial charge is 0.407 e. The maximum atomic E-state index is 12.6. The Labute approximate surface area is 153 Å². The second-order valence-corrected chi connectivity index (χ2v) is 10.3. The Morgan fingerprint density at radius 2 is 2.08 bits per heavy atom. The maximum Gasteiger partial charge on any atom is 0.407 e. The van der Waals surface area contributed by atoms with Gasteiger partial charge in [-0.3, -0.25) is 0 Å². The molecule has 0 unspecified atom stereocenters. The fourth-order valence-corrected chi connectivity index (χ4v) is 4.36. The van der Waals surface area contributed by atoms with E-state index >= 15 is 0 Å². The van der Waals surface area contributed by atoms with Crippen LogP contribution < -0.4 is 4.72 Å². The number of likely N-dealkylation sites (tertiary alicyclic amines) is 1. The summed E-state index contributed by atoms with van der Waals surface area (Å²) >= 11 is -1.20. The number of amides is 1. The van der Waals surface area contributed by atoms with Gasteiger partial charge in [-0.15, -0.1) is 4.72 Å². The predicted molar refractivity (Wildman–Crippen MR) is 96.7 cm³/mol. The van der Waals surface area contributed by atoms with Crippen LogP contribution in [-0.2, 0) is 20.8 Å². The van der Waals surface area contributed by atoms with E-state index in [9.17, 15) is 14.5 Å². The lowest BCUT2D eigenvalue weighted by molar-refractivity contribution is -0.0486. The molecule has 0 spiro atoms. The zero-order valence-corrected chi connectivity index (χ0v) is 16.6. The first-order valence-corrected chi connectivity index (χ1v) is 10.2. The second kappa shape index (κ2) is 8.43. The van der Waals surface area contributed by atoms with Crippen LogP contribution in [-0.4, -0.2) is 64.0 Å². The van der Waals surface area contributed by atoms with Crippen molar-refractivity contribution in [2.45, 2.75) is 70.5 Å². The number of hydrogen-bond acceptors (Lipinski definition) is 5. The number of nitrogens with one attached hydrogen (secondary N) is 1. The van der Waals surface area contributed by atoms with Crippen LogP contribution in [0.4, 0.5) is 4.79 Å². The third kappa shape index (κ3) is 5.72. The fraction of sp³-hybridized carbons (Fsp3) is 0.941. The van der Waals surface area contributed by atoms with E-state index in [-0.39, 0.29) is 22.5 Å². The molecular weight excluding hydrogens is 344 g/mol. The van der Waals surface area contributed by atoms with Gasteiger partial charge >= 0.3 is 6.09 Å². The molecule has 0 bridgehead atoms. The standard InChI is InChI=1S/C17H32N2O5S/c1-16(2,3)25(22)18-13(6-5-7-14-23-10-11-24-14)17(4)8-9-19(12-17)15(20)21/h13-14,18H,5-12H2,1-4H3,(H,20,21)/t13-,17+,25-/m0/s1. The summed E-state index contributed by atoms with van der Waals surface area (Å²) in [6.45, 7) is 10.2. The van der Waals surface area contributed by atoms with Gasteiger partial charge in [0.2, 0.25) is 0 Å². The summed E-state index contributed by atoms with van der Waals surface area (Å²) in [6.07, 6.45) is 2.25. The van der Waals surface area contributed by atoms with Crippen molar-refractivity contribution in [1.29, 1.82) is 0 Å². The van der Waals surface area contributed by atoms with Gasteiger partial charge in [0.15, 0.2) is 6.29 Å². The Morgan fingerprint density at radius 1 is 1.44 bits per heavy atom. The molecule has 25 heavy (non-hydrogen) atoms. The van der Waals surface area contributed by atoms with Crippen molar-refractivity contribution in [3.63, 3.8) is 0 Å². The first-order valence-electron chi connectivity index (χ1n) is 9.01. The molecule has 0 aliphatic carbocycles. The van der Waals surface area contributed by atoms with Gasteiger partial charge in [0.05, 0.1) is 19.3 Å². The normalized spacial score (nSPS) is 27.6. The molecule has 0 aromatic rings. The Morgan fingerprint density at radius 3 is 2.60 bits per heavy atom. The summed E-state index contributed by atoms with van der Waals surface area (Å²) < 4.78 is 26.5. The zero-order chi connectivity index (χ0) is 18.7. The molecule has 2 heterocycles. The number of nitrogens with zero attached hydrogens (tertiary/aromatic N) is 1. The topological polar surface area (TPSA) is 94.1 Å². The van der Waals surface area contributed by atoms with Crippen LogP contribution >= 0.6 is 0 Å². The number of carbonyl (C=O) groups is 1. The summed E-state index contributed by atoms with van der Waals surface area (Å²) in [5, 5.41) is 9.27. The molecule has 2 N–H and O–H groups in total. The van der Waals surface area contributed by atoms with Gasteiger partial charge in [-0.25, -0.2) is 4.79 Å². The monoisotopic (exact) mass is 376 g/mol. The minimum Gasteiger partial charge on any atom is -0.598 e. The molecular formula is C17H32N2O5S. The van der Waals surface area contributed by atoms with Crippen LogP contribution in [0, 0.1) is 5.41 Å². The zero-order valence-electron chi connectivity index (χ0n) is 15.7. The van der Waals surface area contributed by atoms with E-state index in [2.05, 4.69) is 11.6 Å². The average molecular weight is 377 g/mol. The lowest BCUT2D eigenvalue weighted by Gasteiger charge is -2.37. The minimum absolute atomic E-state index is 0.0155. The van der Waals surface area contributed by atoms with Crippen molar-refractivity contribution in [3.05, 3.63) is 0 Å². The highest BCUT2D eigenvalue weighted by atomic mass is 32.2. The van der Waals surface area contributed by atoms with E-state index in [1.165, 1.54) is 4.90 Å². The highest BCUT2D eigenvalue weighted by Gasteiger charge is 2.45. The molecule has 3 atom stereocenters. The van der Waals surface area contributed by atoms with Crippen LogP contribution in [0.15, 0.2) is 0 Å². The molecule has 1 amide bonds. The van der Waals surface area contributed by atoms with E-state index in [0.717, 1.165) is 25.7 Å². The summed E-state index contributed by atoms with van der Waals surface area (Å²) in [6, 6.07) is -0.0155. The Kier molecular flexibility index (Phi) is 7.01. The van der Waals surface area contributed by atoms with Gasteiger partial charge in [-0.05, 0) is 46.5 Å². The van der Waals surface area contributed by atoms with Gasteiger partial charge in [0.25, 0.3) is 0 Å². The Hall–Kier alpha value is -0.540. The van der Waals surface area contributed by atoms with Crippen LogP contribution in [0.2, 0.25) is 0 Å². The molecule has 7 nitrogen and oxygen atoms in total. The van der Waals surface area contributed by atoms with Crippen LogP contribution in [0.5, 0.6) is 0 Å². The van der Waals surface area contributed by atoms with Gasteiger partial charge in [-0.1, -0.05) is 6.92 Å². The van der Waals surface area contributed by atoms with Crippen molar-refractivity contribution in [2.75, 3.05) is 26.3 Å². The number of hydrogen-bond donors (Lipinski definition) is 2. The van der Waals surface area contributed by atoms with Crippen LogP contribution in [0.25, 0.3) is 0 Å². The van der Waals surface area contributed by atoms with Crippen molar-refractivity contribution in [1.82, 2.24) is 9.62 Å². The van der Waals surface area contributed by atoms with Gasteiger partial charge < -0.3 is 24.0 Å². The van der Waals surface area contributed by atoms with E-state index in [1.54, 1.807) is 0 Å². The maximum absolute atomic E-state index is 12.6. The molecule has 2 aliphatic rings. The molecule has 0 aromatic carbocycles. The highest BCUT2D eigenvalue weighted by molar-refractivity contribution is 7.90. The van der Waals surface area contributed by atoms with E-state index in [0.29, 0.717) is 26.3 Å². The van der Waals surface area contributed by atoms with E-state index in [4.69, 9.17) is 9.47 Å². The van der Waals surface area contributed by atoms with Gasteiger partial charge in [-0.2, -0.15) is 0 Å². The third-order valence-corrected chi connectivity index (χ3v) is 6.66. The van der Waals surface area contributed by atoms with Crippen LogP contribution in [0.3, 0.4) is 0 Å². The van der Waals surface area contributed by atoms with Crippen molar-refractivity contribution in [2.24, 2.45) is 5.41 Å². The minimum atomic E-state index is -1.20. The number of rotatable bonds is 7. The van der Waals surface area contributed by atoms with Crippen LogP contribution in [0.1, 0.15) is 53.4 Å². The number of carboxylic acid groups (broad SMARTS) is 1. The molecule has 2 rings (SSSR count). The molecule has 0 aromatic heterocycles. The molecule has 0 saturated carbocycles. The molecule has 2 saturated heterocycles. The van der Waals surface area contributed by atoms with Crippen molar-refractivity contribution < 1.29 is 23.9 Å². The first kappa shape index (κ1) is 20.8. The summed E-state index contributed by atoms with van der Waals surface area (Å²) in [5.41, 5.74) is -0.226. The Bertz CT molecular complexity index is 453. The van der Waals surface area contributed by atoms with Crippen molar-refractivity contribution >= 4 is 17.5 Å². The van der Waals surface area contributed by atoms with E-state index in [1.807, 2.05) is 20.8 Å². The first-order chi connectivity index (χ1) is 11.6. The quantitative estimate of drug-likeness (QED) is 0.663. The average Bonchev–Trinajstić information content (AvgIpc) is 3.15. The second-order valence-electron chi connectivity index (χ2n) is 8.26. The molecule has 8 heteroatoms. The third-order valence-electron chi connectivity index (χ3n) is 5.05. The number of ether oxygens (including phenoxy) is 2. The van der Waals surface area contributed by atoms with Gasteiger partial charge in [0.1, 0.15) is 4.75 Å². The Balaban J connectivity index is 1.99. The largest absolute Gasteiger partial charge is 0.598 e. The van der Waals surface area contributed by atoms with E-state index < -0.39 is 17.5 Å². The summed E-state index contributed by atoms with van der Waals surface area (Å²) in [7, 11) is 0. The predicted octanol–water partition coefficient (Wildman–Crippen LogP) is 2.34. The summed E-state index contributed by atoms with van der Waals surface area (Å²) in [5.74, 6) is 0. The molecule has 2 fully saturated rings. The molecule has 146 valence electrons.